The van der Waals surface area contributed by atoms with Crippen molar-refractivity contribution in [3.05, 3.63) is 88.2 Å². The predicted molar refractivity (Wildman–Crippen MR) is 106 cm³/mol. The quantitative estimate of drug-likeness (QED) is 0.713. The molecule has 4 nitrogen and oxygen atoms in total. The Labute approximate surface area is 160 Å². The lowest BCUT2D eigenvalue weighted by Crippen LogP contribution is -2.14. The van der Waals surface area contributed by atoms with Crippen LogP contribution in [0.5, 0.6) is 0 Å². The molecule has 2 aromatic carbocycles. The van der Waals surface area contributed by atoms with Gasteiger partial charge in [-0.05, 0) is 37.1 Å². The molecule has 0 fully saturated rings. The summed E-state index contributed by atoms with van der Waals surface area (Å²) in [6.07, 6.45) is 0. The Balaban J connectivity index is 0.00000243. The van der Waals surface area contributed by atoms with Crippen LogP contribution < -0.4 is 5.32 Å². The summed E-state index contributed by atoms with van der Waals surface area (Å²) in [5.74, 6) is 0. The molecule has 26 heavy (non-hydrogen) atoms. The number of aromatic nitrogens is 2. The van der Waals surface area contributed by atoms with E-state index >= 15 is 0 Å². The molecule has 1 heterocycles. The van der Waals surface area contributed by atoms with Crippen molar-refractivity contribution in [2.75, 3.05) is 0 Å². The van der Waals surface area contributed by atoms with Gasteiger partial charge < -0.3 is 5.32 Å². The maximum absolute atomic E-state index is 8.85. The van der Waals surface area contributed by atoms with Crippen LogP contribution in [-0.2, 0) is 19.6 Å². The van der Waals surface area contributed by atoms with E-state index in [-0.39, 0.29) is 12.4 Å². The van der Waals surface area contributed by atoms with Crippen LogP contribution in [0, 0.1) is 25.2 Å². The Bertz CT molecular complexity index is 877. The van der Waals surface area contributed by atoms with Crippen LogP contribution in [0.4, 0.5) is 0 Å². The molecule has 0 spiro atoms. The second-order valence-corrected chi connectivity index (χ2v) is 6.20. The molecule has 0 aliphatic carbocycles. The van der Waals surface area contributed by atoms with Crippen molar-refractivity contribution in [1.29, 1.82) is 5.26 Å². The third-order valence-electron chi connectivity index (χ3n) is 4.42. The van der Waals surface area contributed by atoms with Crippen LogP contribution in [0.1, 0.15) is 33.6 Å². The highest BCUT2D eigenvalue weighted by Gasteiger charge is 2.11. The van der Waals surface area contributed by atoms with Gasteiger partial charge in [0.05, 0.1) is 23.9 Å². The van der Waals surface area contributed by atoms with E-state index in [2.05, 4.69) is 54.2 Å². The highest BCUT2D eigenvalue weighted by molar-refractivity contribution is 5.85. The number of nitrogens with zero attached hydrogens (tertiary/aromatic N) is 3. The van der Waals surface area contributed by atoms with Crippen molar-refractivity contribution in [2.24, 2.45) is 0 Å². The summed E-state index contributed by atoms with van der Waals surface area (Å²) in [6.45, 7) is 6.54. The summed E-state index contributed by atoms with van der Waals surface area (Å²) in [4.78, 5) is 0. The van der Waals surface area contributed by atoms with Crippen molar-refractivity contribution in [1.82, 2.24) is 15.1 Å². The normalized spacial score (nSPS) is 10.2. The highest BCUT2D eigenvalue weighted by Crippen LogP contribution is 2.15. The van der Waals surface area contributed by atoms with Gasteiger partial charge in [-0.15, -0.1) is 12.4 Å². The Morgan fingerprint density at radius 3 is 2.31 bits per heavy atom. The Morgan fingerprint density at radius 1 is 0.962 bits per heavy atom. The lowest BCUT2D eigenvalue weighted by Gasteiger charge is -2.07. The topological polar surface area (TPSA) is 53.6 Å². The Morgan fingerprint density at radius 2 is 1.65 bits per heavy atom. The van der Waals surface area contributed by atoms with E-state index in [1.54, 1.807) is 0 Å². The van der Waals surface area contributed by atoms with Crippen LogP contribution >= 0.6 is 12.4 Å². The smallest absolute Gasteiger partial charge is 0.0991 e. The molecule has 0 amide bonds. The summed E-state index contributed by atoms with van der Waals surface area (Å²) in [5, 5.41) is 17.0. The molecule has 0 unspecified atom stereocenters. The fraction of sp³-hybridized carbons (Fsp3) is 0.238. The van der Waals surface area contributed by atoms with E-state index in [4.69, 9.17) is 10.4 Å². The molecule has 0 saturated heterocycles. The summed E-state index contributed by atoms with van der Waals surface area (Å²) >= 11 is 0. The molecule has 3 rings (SSSR count). The van der Waals surface area contributed by atoms with Crippen LogP contribution in [0.15, 0.2) is 54.6 Å². The molecule has 1 aromatic heterocycles. The predicted octanol–water partition coefficient (Wildman–Crippen LogP) is 4.13. The number of nitrogens with one attached hydrogen (secondary N) is 1. The number of nitriles is 1. The number of halogens is 1. The summed E-state index contributed by atoms with van der Waals surface area (Å²) in [6, 6.07) is 20.2. The summed E-state index contributed by atoms with van der Waals surface area (Å²) < 4.78 is 2.07. The second kappa shape index (κ2) is 9.19. The van der Waals surface area contributed by atoms with Gasteiger partial charge in [-0.25, -0.2) is 0 Å². The second-order valence-electron chi connectivity index (χ2n) is 6.20. The minimum atomic E-state index is 0. The number of benzene rings is 2. The SMILES string of the molecule is Cc1nn(Cc2ccccc2)c(C)c1CNCc1ccc(C#N)cc1.Cl. The molecular formula is C21H23ClN4. The fourth-order valence-electron chi connectivity index (χ4n) is 2.93. The van der Waals surface area contributed by atoms with Gasteiger partial charge in [-0.1, -0.05) is 42.5 Å². The third-order valence-corrected chi connectivity index (χ3v) is 4.42. The van der Waals surface area contributed by atoms with E-state index in [9.17, 15) is 0 Å². The van der Waals surface area contributed by atoms with Crippen molar-refractivity contribution >= 4 is 12.4 Å². The largest absolute Gasteiger partial charge is 0.308 e. The minimum absolute atomic E-state index is 0. The standard InChI is InChI=1S/C21H22N4.ClH/c1-16-21(14-23-13-19-10-8-18(12-22)9-11-19)17(2)25(24-16)15-20-6-4-3-5-7-20;/h3-11,23H,13-15H2,1-2H3;1H. The van der Waals surface area contributed by atoms with Gasteiger partial charge in [-0.3, -0.25) is 4.68 Å². The van der Waals surface area contributed by atoms with Crippen LogP contribution in [0.25, 0.3) is 0 Å². The highest BCUT2D eigenvalue weighted by atomic mass is 35.5. The molecule has 0 aliphatic rings. The Hall–Kier alpha value is -2.61. The zero-order chi connectivity index (χ0) is 17.6. The molecular weight excluding hydrogens is 344 g/mol. The van der Waals surface area contributed by atoms with Gasteiger partial charge in [0.15, 0.2) is 0 Å². The average molecular weight is 367 g/mol. The van der Waals surface area contributed by atoms with Gasteiger partial charge in [-0.2, -0.15) is 10.4 Å². The van der Waals surface area contributed by atoms with Crippen molar-refractivity contribution < 1.29 is 0 Å². The van der Waals surface area contributed by atoms with Crippen LogP contribution in [0.3, 0.4) is 0 Å². The minimum Gasteiger partial charge on any atom is -0.308 e. The first-order valence-electron chi connectivity index (χ1n) is 8.44. The van der Waals surface area contributed by atoms with Gasteiger partial charge in [0.1, 0.15) is 0 Å². The first-order chi connectivity index (χ1) is 12.2. The molecule has 5 heteroatoms. The van der Waals surface area contributed by atoms with Crippen LogP contribution in [0.2, 0.25) is 0 Å². The fourth-order valence-corrected chi connectivity index (χ4v) is 2.93. The number of hydrogen-bond acceptors (Lipinski definition) is 3. The monoisotopic (exact) mass is 366 g/mol. The maximum atomic E-state index is 8.85. The van der Waals surface area contributed by atoms with E-state index in [0.29, 0.717) is 5.56 Å². The lowest BCUT2D eigenvalue weighted by molar-refractivity contribution is 0.653. The maximum Gasteiger partial charge on any atom is 0.0991 e. The number of rotatable bonds is 6. The molecule has 0 saturated carbocycles. The third kappa shape index (κ3) is 4.72. The summed E-state index contributed by atoms with van der Waals surface area (Å²) in [7, 11) is 0. The number of aryl methyl sites for hydroxylation is 1. The number of hydrogen-bond donors (Lipinski definition) is 1. The van der Waals surface area contributed by atoms with Gasteiger partial charge in [0.2, 0.25) is 0 Å². The molecule has 0 radical (unpaired) electrons. The van der Waals surface area contributed by atoms with Gasteiger partial charge >= 0.3 is 0 Å². The Kier molecular flexibility index (Phi) is 6.97. The zero-order valence-corrected chi connectivity index (χ0v) is 15.9. The first-order valence-corrected chi connectivity index (χ1v) is 8.44. The molecule has 1 N–H and O–H groups in total. The molecule has 134 valence electrons. The van der Waals surface area contributed by atoms with Gasteiger partial charge in [0, 0.05) is 24.3 Å². The molecule has 0 atom stereocenters. The van der Waals surface area contributed by atoms with Crippen molar-refractivity contribution in [3.8, 4) is 6.07 Å². The van der Waals surface area contributed by atoms with Crippen molar-refractivity contribution in [2.45, 2.75) is 33.5 Å². The van der Waals surface area contributed by atoms with E-state index < -0.39 is 0 Å². The average Bonchev–Trinajstić information content (AvgIpc) is 2.90. The van der Waals surface area contributed by atoms with Crippen molar-refractivity contribution in [3.63, 3.8) is 0 Å². The lowest BCUT2D eigenvalue weighted by atomic mass is 10.1. The van der Waals surface area contributed by atoms with E-state index in [0.717, 1.165) is 25.3 Å². The molecule has 0 bridgehead atoms. The molecule has 3 aromatic rings. The van der Waals surface area contributed by atoms with Crippen LogP contribution in [-0.4, -0.2) is 9.78 Å². The van der Waals surface area contributed by atoms with E-state index in [1.165, 1.54) is 22.4 Å². The zero-order valence-electron chi connectivity index (χ0n) is 15.1. The molecule has 0 aliphatic heterocycles. The first kappa shape index (κ1) is 19.7. The summed E-state index contributed by atoms with van der Waals surface area (Å²) in [5.41, 5.74) is 6.65. The van der Waals surface area contributed by atoms with E-state index in [1.807, 2.05) is 30.3 Å². The van der Waals surface area contributed by atoms with Gasteiger partial charge in [0.25, 0.3) is 0 Å².